The molecule has 2 N–H and O–H groups in total. The average Bonchev–Trinajstić information content (AvgIpc) is 3.10. The fourth-order valence-corrected chi connectivity index (χ4v) is 6.23. The van der Waals surface area contributed by atoms with Gasteiger partial charge >= 0.3 is 0 Å². The topological polar surface area (TPSA) is 24.1 Å². The van der Waals surface area contributed by atoms with Crippen LogP contribution in [-0.4, -0.2) is 0 Å². The molecule has 0 aliphatic carbocycles. The van der Waals surface area contributed by atoms with Gasteiger partial charge in [0.25, 0.3) is 0 Å². The number of benzene rings is 7. The molecule has 0 fully saturated rings. The number of hydrogen-bond acceptors (Lipinski definition) is 2. The zero-order chi connectivity index (χ0) is 29.9. The van der Waals surface area contributed by atoms with Gasteiger partial charge in [-0.15, -0.1) is 0 Å². The van der Waals surface area contributed by atoms with Crippen LogP contribution in [0.2, 0.25) is 0 Å². The summed E-state index contributed by atoms with van der Waals surface area (Å²) in [6.45, 7) is 4.39. The van der Waals surface area contributed by atoms with Gasteiger partial charge in [-0.05, 0) is 70.5 Å². The second-order valence-corrected chi connectivity index (χ2v) is 11.3. The Morgan fingerprint density at radius 2 is 0.886 bits per heavy atom. The summed E-state index contributed by atoms with van der Waals surface area (Å²) in [6.07, 6.45) is 2.04. The molecule has 0 aromatic heterocycles. The second kappa shape index (κ2) is 12.1. The van der Waals surface area contributed by atoms with Crippen LogP contribution in [0.25, 0.3) is 43.8 Å². The molecular weight excluding hydrogens is 532 g/mol. The highest BCUT2D eigenvalue weighted by molar-refractivity contribution is 6.26. The van der Waals surface area contributed by atoms with Crippen molar-refractivity contribution in [2.45, 2.75) is 26.7 Å². The molecule has 44 heavy (non-hydrogen) atoms. The highest BCUT2D eigenvalue weighted by Gasteiger charge is 2.21. The molecule has 0 atom stereocenters. The van der Waals surface area contributed by atoms with E-state index >= 15 is 0 Å². The van der Waals surface area contributed by atoms with Gasteiger partial charge < -0.3 is 10.6 Å². The minimum absolute atomic E-state index is 1.02. The van der Waals surface area contributed by atoms with E-state index in [0.29, 0.717) is 0 Å². The first kappa shape index (κ1) is 27.5. The van der Waals surface area contributed by atoms with Crippen molar-refractivity contribution in [3.63, 3.8) is 0 Å². The summed E-state index contributed by atoms with van der Waals surface area (Å²) in [6, 6.07) is 52.5. The lowest BCUT2D eigenvalue weighted by Gasteiger charge is -2.23. The molecule has 7 aromatic rings. The molecule has 0 unspecified atom stereocenters. The standard InChI is InChI=1S/C42H36N2/c1-3-29-19-23-33(24-20-29)43-41-36-17-11-12-18-37(36)42(44-34-25-21-30(4-2)22-26-34)40-38(41)28-27-35(31-13-7-5-8-14-31)39(40)32-15-9-6-10-16-32/h5-28,43-44H,3-4H2,1-2H3. The first-order valence-electron chi connectivity index (χ1n) is 15.6. The quantitative estimate of drug-likeness (QED) is 0.141. The van der Waals surface area contributed by atoms with Crippen LogP contribution in [0.3, 0.4) is 0 Å². The Morgan fingerprint density at radius 3 is 1.43 bits per heavy atom. The molecule has 0 bridgehead atoms. The molecule has 0 saturated carbocycles. The summed E-state index contributed by atoms with van der Waals surface area (Å²) in [5, 5.41) is 12.5. The van der Waals surface area contributed by atoms with E-state index in [1.807, 2.05) is 0 Å². The molecule has 2 heteroatoms. The minimum Gasteiger partial charge on any atom is -0.355 e. The predicted molar refractivity (Wildman–Crippen MR) is 191 cm³/mol. The van der Waals surface area contributed by atoms with Gasteiger partial charge in [0.05, 0.1) is 11.4 Å². The SMILES string of the molecule is CCc1ccc(Nc2c3ccccc3c(Nc3ccc(CC)cc3)c3c(-c4ccccc4)c(-c4ccccc4)ccc23)cc1. The van der Waals surface area contributed by atoms with Gasteiger partial charge in [0, 0.05) is 32.9 Å². The molecule has 7 rings (SSSR count). The van der Waals surface area contributed by atoms with E-state index in [1.54, 1.807) is 0 Å². The van der Waals surface area contributed by atoms with Crippen LogP contribution in [0, 0.1) is 0 Å². The molecule has 2 nitrogen and oxygen atoms in total. The lowest BCUT2D eigenvalue weighted by molar-refractivity contribution is 1.14. The van der Waals surface area contributed by atoms with Crippen LogP contribution in [0.5, 0.6) is 0 Å². The van der Waals surface area contributed by atoms with E-state index in [2.05, 4.69) is 170 Å². The van der Waals surface area contributed by atoms with Crippen molar-refractivity contribution in [2.24, 2.45) is 0 Å². The lowest BCUT2D eigenvalue weighted by Crippen LogP contribution is -2.01. The monoisotopic (exact) mass is 568 g/mol. The van der Waals surface area contributed by atoms with Crippen LogP contribution < -0.4 is 10.6 Å². The second-order valence-electron chi connectivity index (χ2n) is 11.3. The molecule has 0 heterocycles. The first-order valence-corrected chi connectivity index (χ1v) is 15.6. The lowest BCUT2D eigenvalue weighted by atomic mass is 9.86. The molecule has 0 aliphatic heterocycles. The third-order valence-corrected chi connectivity index (χ3v) is 8.60. The molecule has 0 saturated heterocycles. The largest absolute Gasteiger partial charge is 0.355 e. The van der Waals surface area contributed by atoms with Gasteiger partial charge in [-0.25, -0.2) is 0 Å². The maximum atomic E-state index is 3.91. The Kier molecular flexibility index (Phi) is 7.56. The Morgan fingerprint density at radius 1 is 0.409 bits per heavy atom. The Balaban J connectivity index is 1.58. The van der Waals surface area contributed by atoms with Gasteiger partial charge in [0.15, 0.2) is 0 Å². The molecular formula is C42H36N2. The van der Waals surface area contributed by atoms with Crippen LogP contribution in [-0.2, 0) is 12.8 Å². The molecule has 7 aromatic carbocycles. The van der Waals surface area contributed by atoms with Gasteiger partial charge in [0.2, 0.25) is 0 Å². The van der Waals surface area contributed by atoms with Crippen molar-refractivity contribution in [1.82, 2.24) is 0 Å². The number of anilines is 4. The minimum atomic E-state index is 1.02. The summed E-state index contributed by atoms with van der Waals surface area (Å²) in [7, 11) is 0. The zero-order valence-corrected chi connectivity index (χ0v) is 25.3. The van der Waals surface area contributed by atoms with Crippen molar-refractivity contribution in [2.75, 3.05) is 10.6 Å². The predicted octanol–water partition coefficient (Wildman–Crippen LogP) is 11.9. The average molecular weight is 569 g/mol. The van der Waals surface area contributed by atoms with Crippen LogP contribution in [0.15, 0.2) is 146 Å². The molecule has 0 spiro atoms. The summed E-state index contributed by atoms with van der Waals surface area (Å²) in [5.74, 6) is 0. The molecule has 0 aliphatic rings. The molecule has 214 valence electrons. The molecule has 0 radical (unpaired) electrons. The van der Waals surface area contributed by atoms with Crippen molar-refractivity contribution < 1.29 is 0 Å². The molecule has 0 amide bonds. The van der Waals surface area contributed by atoms with E-state index in [-0.39, 0.29) is 0 Å². The van der Waals surface area contributed by atoms with E-state index in [9.17, 15) is 0 Å². The van der Waals surface area contributed by atoms with Crippen molar-refractivity contribution in [3.8, 4) is 22.3 Å². The van der Waals surface area contributed by atoms with Gasteiger partial charge in [0.1, 0.15) is 0 Å². The smallest absolute Gasteiger partial charge is 0.0551 e. The Hall–Kier alpha value is -5.34. The van der Waals surface area contributed by atoms with Crippen LogP contribution in [0.4, 0.5) is 22.7 Å². The fraction of sp³-hybridized carbons (Fsp3) is 0.0952. The van der Waals surface area contributed by atoms with Gasteiger partial charge in [-0.2, -0.15) is 0 Å². The van der Waals surface area contributed by atoms with Crippen molar-refractivity contribution in [3.05, 3.63) is 157 Å². The fourth-order valence-electron chi connectivity index (χ4n) is 6.23. The summed E-state index contributed by atoms with van der Waals surface area (Å²) in [4.78, 5) is 0. The highest BCUT2D eigenvalue weighted by atomic mass is 14.9. The Bertz CT molecular complexity index is 2040. The summed E-state index contributed by atoms with van der Waals surface area (Å²) < 4.78 is 0. The van der Waals surface area contributed by atoms with Gasteiger partial charge in [-0.1, -0.05) is 135 Å². The summed E-state index contributed by atoms with van der Waals surface area (Å²) >= 11 is 0. The first-order chi connectivity index (χ1) is 21.7. The zero-order valence-electron chi connectivity index (χ0n) is 25.3. The highest BCUT2D eigenvalue weighted by Crippen LogP contribution is 2.49. The number of fused-ring (bicyclic) bond motifs is 2. The Labute approximate surface area is 260 Å². The van der Waals surface area contributed by atoms with E-state index < -0.39 is 0 Å². The number of aryl methyl sites for hydroxylation is 2. The maximum absolute atomic E-state index is 3.91. The maximum Gasteiger partial charge on any atom is 0.0551 e. The third kappa shape index (κ3) is 5.20. The normalized spacial score (nSPS) is 11.1. The number of nitrogens with one attached hydrogen (secondary N) is 2. The third-order valence-electron chi connectivity index (χ3n) is 8.60. The van der Waals surface area contributed by atoms with Crippen LogP contribution in [0.1, 0.15) is 25.0 Å². The van der Waals surface area contributed by atoms with Crippen molar-refractivity contribution in [1.29, 1.82) is 0 Å². The van der Waals surface area contributed by atoms with E-state index in [4.69, 9.17) is 0 Å². The van der Waals surface area contributed by atoms with Gasteiger partial charge in [-0.3, -0.25) is 0 Å². The van der Waals surface area contributed by atoms with E-state index in [1.165, 1.54) is 54.9 Å². The number of hydrogen-bond donors (Lipinski definition) is 2. The van der Waals surface area contributed by atoms with Crippen molar-refractivity contribution >= 4 is 44.3 Å². The van der Waals surface area contributed by atoms with E-state index in [0.717, 1.165) is 35.6 Å². The summed E-state index contributed by atoms with van der Waals surface area (Å²) in [5.41, 5.74) is 11.9. The number of rotatable bonds is 8. The van der Waals surface area contributed by atoms with Crippen LogP contribution >= 0.6 is 0 Å².